The van der Waals surface area contributed by atoms with Crippen LogP contribution in [-0.4, -0.2) is 17.0 Å². The Labute approximate surface area is 63.7 Å². The number of carbonyl (C=O) groups is 2. The summed E-state index contributed by atoms with van der Waals surface area (Å²) in [5, 5.41) is 8.63. The Morgan fingerprint density at radius 2 is 2.27 bits per heavy atom. The van der Waals surface area contributed by atoms with E-state index in [0.29, 0.717) is 6.42 Å². The molecule has 1 aliphatic rings. The lowest BCUT2D eigenvalue weighted by Crippen LogP contribution is -2.33. The zero-order valence-corrected chi connectivity index (χ0v) is 5.91. The van der Waals surface area contributed by atoms with Crippen LogP contribution in [0.5, 0.6) is 0 Å². The molecule has 0 aromatic heterocycles. The van der Waals surface area contributed by atoms with Crippen LogP contribution in [0.3, 0.4) is 0 Å². The van der Waals surface area contributed by atoms with Gasteiger partial charge in [0.2, 0.25) is 5.91 Å². The Morgan fingerprint density at radius 1 is 1.73 bits per heavy atom. The Kier molecular flexibility index (Phi) is 1.47. The zero-order valence-electron chi connectivity index (χ0n) is 5.91. The van der Waals surface area contributed by atoms with Crippen molar-refractivity contribution in [2.75, 3.05) is 0 Å². The van der Waals surface area contributed by atoms with E-state index in [1.165, 1.54) is 6.08 Å². The molecule has 1 rings (SSSR count). The molecule has 0 bridgehead atoms. The van der Waals surface area contributed by atoms with E-state index in [9.17, 15) is 9.59 Å². The zero-order chi connectivity index (χ0) is 8.65. The maximum Gasteiger partial charge on any atom is 0.319 e. The van der Waals surface area contributed by atoms with Gasteiger partial charge in [0.05, 0.1) is 0 Å². The van der Waals surface area contributed by atoms with Gasteiger partial charge in [0.25, 0.3) is 0 Å². The van der Waals surface area contributed by atoms with Crippen molar-refractivity contribution < 1.29 is 14.7 Å². The molecule has 1 aliphatic carbocycles. The number of primary amides is 1. The summed E-state index contributed by atoms with van der Waals surface area (Å²) in [6.07, 6.45) is 1.75. The van der Waals surface area contributed by atoms with E-state index in [1.807, 2.05) is 0 Å². The molecular formula is C7H9NO3. The number of aliphatic carboxylic acids is 1. The van der Waals surface area contributed by atoms with E-state index in [2.05, 4.69) is 6.58 Å². The molecule has 0 radical (unpaired) electrons. The van der Waals surface area contributed by atoms with Crippen LogP contribution in [-0.2, 0) is 9.59 Å². The fraction of sp³-hybridized carbons (Fsp3) is 0.429. The number of rotatable bonds is 3. The lowest BCUT2D eigenvalue weighted by atomic mass is 10.0. The minimum Gasteiger partial charge on any atom is -0.480 e. The highest BCUT2D eigenvalue weighted by Crippen LogP contribution is 2.53. The lowest BCUT2D eigenvalue weighted by Gasteiger charge is -2.03. The monoisotopic (exact) mass is 155 g/mol. The summed E-state index contributed by atoms with van der Waals surface area (Å²) in [6, 6.07) is 0. The molecule has 0 aliphatic heterocycles. The molecule has 11 heavy (non-hydrogen) atoms. The minimum absolute atomic E-state index is 0.280. The molecule has 0 saturated heterocycles. The van der Waals surface area contributed by atoms with Crippen molar-refractivity contribution in [2.45, 2.75) is 6.42 Å². The van der Waals surface area contributed by atoms with Crippen LogP contribution < -0.4 is 5.73 Å². The van der Waals surface area contributed by atoms with Crippen LogP contribution in [0.4, 0.5) is 0 Å². The number of carboxylic acids is 1. The van der Waals surface area contributed by atoms with E-state index < -0.39 is 17.3 Å². The molecule has 4 nitrogen and oxygen atoms in total. The number of nitrogens with two attached hydrogens (primary N) is 1. The van der Waals surface area contributed by atoms with Crippen LogP contribution in [0.15, 0.2) is 12.7 Å². The van der Waals surface area contributed by atoms with E-state index in [-0.39, 0.29) is 5.92 Å². The first kappa shape index (κ1) is 7.78. The molecule has 60 valence electrons. The quantitative estimate of drug-likeness (QED) is 0.435. The minimum atomic E-state index is -1.35. The fourth-order valence-corrected chi connectivity index (χ4v) is 1.21. The molecular weight excluding hydrogens is 146 g/mol. The van der Waals surface area contributed by atoms with Gasteiger partial charge < -0.3 is 10.8 Å². The average molecular weight is 155 g/mol. The van der Waals surface area contributed by atoms with Crippen molar-refractivity contribution in [3.05, 3.63) is 12.7 Å². The normalized spacial score (nSPS) is 34.4. The molecule has 0 heterocycles. The maximum atomic E-state index is 10.7. The van der Waals surface area contributed by atoms with Crippen molar-refractivity contribution in [3.8, 4) is 0 Å². The number of hydrogen-bond acceptors (Lipinski definition) is 2. The van der Waals surface area contributed by atoms with Gasteiger partial charge in [-0.05, 0) is 6.42 Å². The summed E-state index contributed by atoms with van der Waals surface area (Å²) in [4.78, 5) is 21.2. The van der Waals surface area contributed by atoms with Gasteiger partial charge in [-0.3, -0.25) is 9.59 Å². The summed E-state index contributed by atoms with van der Waals surface area (Å²) >= 11 is 0. The highest BCUT2D eigenvalue weighted by atomic mass is 16.4. The highest BCUT2D eigenvalue weighted by molar-refractivity contribution is 6.05. The van der Waals surface area contributed by atoms with Crippen LogP contribution in [0.2, 0.25) is 0 Å². The Bertz CT molecular complexity index is 220. The SMILES string of the molecule is C=C[C@H]1C[C@@]1(C(N)=O)C(=O)O. The van der Waals surface area contributed by atoms with Crippen molar-refractivity contribution in [1.82, 2.24) is 0 Å². The third-order valence-electron chi connectivity index (χ3n) is 2.12. The van der Waals surface area contributed by atoms with E-state index in [4.69, 9.17) is 10.8 Å². The van der Waals surface area contributed by atoms with E-state index in [0.717, 1.165) is 0 Å². The van der Waals surface area contributed by atoms with Crippen molar-refractivity contribution >= 4 is 11.9 Å². The molecule has 1 fully saturated rings. The second-order valence-corrected chi connectivity index (χ2v) is 2.69. The van der Waals surface area contributed by atoms with Gasteiger partial charge in [-0.2, -0.15) is 0 Å². The van der Waals surface area contributed by atoms with Crippen LogP contribution in [0, 0.1) is 11.3 Å². The summed E-state index contributed by atoms with van der Waals surface area (Å²) in [6.45, 7) is 3.41. The van der Waals surface area contributed by atoms with Crippen molar-refractivity contribution in [2.24, 2.45) is 17.1 Å². The van der Waals surface area contributed by atoms with Crippen LogP contribution >= 0.6 is 0 Å². The predicted octanol–water partition coefficient (Wildman–Crippen LogP) is -0.251. The van der Waals surface area contributed by atoms with E-state index in [1.54, 1.807) is 0 Å². The van der Waals surface area contributed by atoms with Gasteiger partial charge in [-0.1, -0.05) is 6.08 Å². The fourth-order valence-electron chi connectivity index (χ4n) is 1.21. The second kappa shape index (κ2) is 2.08. The molecule has 0 spiro atoms. The molecule has 4 heteroatoms. The van der Waals surface area contributed by atoms with Gasteiger partial charge in [-0.25, -0.2) is 0 Å². The smallest absolute Gasteiger partial charge is 0.319 e. The highest BCUT2D eigenvalue weighted by Gasteiger charge is 2.63. The molecule has 0 aromatic carbocycles. The number of allylic oxidation sites excluding steroid dienone is 1. The summed E-state index contributed by atoms with van der Waals surface area (Å²) < 4.78 is 0. The number of hydrogen-bond donors (Lipinski definition) is 2. The van der Waals surface area contributed by atoms with Gasteiger partial charge >= 0.3 is 5.97 Å². The van der Waals surface area contributed by atoms with Gasteiger partial charge in [0.1, 0.15) is 0 Å². The van der Waals surface area contributed by atoms with Crippen LogP contribution in [0.1, 0.15) is 6.42 Å². The molecule has 2 atom stereocenters. The number of carbonyl (C=O) groups excluding carboxylic acids is 1. The van der Waals surface area contributed by atoms with Crippen LogP contribution in [0.25, 0.3) is 0 Å². The number of carboxylic acid groups (broad SMARTS) is 1. The first-order chi connectivity index (χ1) is 5.05. The average Bonchev–Trinajstić information content (AvgIpc) is 2.61. The molecule has 0 aromatic rings. The summed E-state index contributed by atoms with van der Waals surface area (Å²) in [5.74, 6) is -2.19. The third-order valence-corrected chi connectivity index (χ3v) is 2.12. The largest absolute Gasteiger partial charge is 0.480 e. The van der Waals surface area contributed by atoms with Crippen molar-refractivity contribution in [3.63, 3.8) is 0 Å². The Morgan fingerprint density at radius 3 is 2.36 bits per heavy atom. The standard InChI is InChI=1S/C7H9NO3/c1-2-4-3-7(4,5(8)9)6(10)11/h2,4H,1,3H2,(H2,8,9)(H,10,11)/t4-,7+/m0/s1. The topological polar surface area (TPSA) is 80.4 Å². The van der Waals surface area contributed by atoms with Gasteiger partial charge in [-0.15, -0.1) is 6.58 Å². The number of amides is 1. The predicted molar refractivity (Wildman–Crippen MR) is 37.6 cm³/mol. The molecule has 3 N–H and O–H groups in total. The Balaban J connectivity index is 2.87. The molecule has 1 saturated carbocycles. The third kappa shape index (κ3) is 0.824. The van der Waals surface area contributed by atoms with Gasteiger partial charge in [0, 0.05) is 5.92 Å². The Hall–Kier alpha value is -1.32. The first-order valence-electron chi connectivity index (χ1n) is 3.21. The van der Waals surface area contributed by atoms with E-state index >= 15 is 0 Å². The van der Waals surface area contributed by atoms with Crippen molar-refractivity contribution in [1.29, 1.82) is 0 Å². The van der Waals surface area contributed by atoms with Gasteiger partial charge in [0.15, 0.2) is 5.41 Å². The summed E-state index contributed by atoms with van der Waals surface area (Å²) in [5.41, 5.74) is 3.59. The lowest BCUT2D eigenvalue weighted by molar-refractivity contribution is -0.148. The maximum absolute atomic E-state index is 10.7. The second-order valence-electron chi connectivity index (χ2n) is 2.69. The first-order valence-corrected chi connectivity index (χ1v) is 3.21. The molecule has 1 amide bonds. The summed E-state index contributed by atoms with van der Waals surface area (Å²) in [7, 11) is 0. The molecule has 0 unspecified atom stereocenters.